The van der Waals surface area contributed by atoms with Gasteiger partial charge in [-0.25, -0.2) is 4.98 Å². The summed E-state index contributed by atoms with van der Waals surface area (Å²) in [6.07, 6.45) is 0.451. The molecule has 4 rings (SSSR count). The Bertz CT molecular complexity index is 1490. The fraction of sp³-hybridized carbons (Fsp3) is 0.323. The molecule has 0 radical (unpaired) electrons. The number of imidazole rings is 1. The maximum Gasteiger partial charge on any atom is 0.309 e. The largest absolute Gasteiger partial charge is 0.481 e. The molecule has 6 nitrogen and oxygen atoms in total. The summed E-state index contributed by atoms with van der Waals surface area (Å²) >= 11 is 0. The maximum absolute atomic E-state index is 12.9. The number of aliphatic carboxylic acids is 1. The highest BCUT2D eigenvalue weighted by Gasteiger charge is 2.28. The zero-order valence-corrected chi connectivity index (χ0v) is 22.6. The van der Waals surface area contributed by atoms with Gasteiger partial charge >= 0.3 is 5.97 Å². The quantitative estimate of drug-likeness (QED) is 0.266. The number of hydrogen-bond donors (Lipinski definition) is 3. The molecule has 0 bridgehead atoms. The van der Waals surface area contributed by atoms with Crippen LogP contribution in [0.5, 0.6) is 0 Å². The predicted molar refractivity (Wildman–Crippen MR) is 149 cm³/mol. The molecule has 0 spiro atoms. The number of anilines is 1. The van der Waals surface area contributed by atoms with E-state index in [1.54, 1.807) is 19.9 Å². The number of fused-ring (bicyclic) bond motifs is 1. The lowest BCUT2D eigenvalue weighted by atomic mass is 9.83. The fourth-order valence-electron chi connectivity index (χ4n) is 4.41. The summed E-state index contributed by atoms with van der Waals surface area (Å²) in [6.45, 7) is 14.0. The van der Waals surface area contributed by atoms with Crippen molar-refractivity contribution < 1.29 is 14.7 Å². The molecule has 192 valence electrons. The van der Waals surface area contributed by atoms with Gasteiger partial charge in [-0.05, 0) is 92.1 Å². The first-order valence-corrected chi connectivity index (χ1v) is 12.5. The van der Waals surface area contributed by atoms with Crippen molar-refractivity contribution in [1.29, 1.82) is 0 Å². The second-order valence-electron chi connectivity index (χ2n) is 11.5. The molecule has 1 heterocycles. The smallest absolute Gasteiger partial charge is 0.309 e. The van der Waals surface area contributed by atoms with Crippen LogP contribution in [0.2, 0.25) is 0 Å². The number of aromatic amines is 1. The molecule has 3 aromatic carbocycles. The van der Waals surface area contributed by atoms with E-state index in [-0.39, 0.29) is 11.3 Å². The summed E-state index contributed by atoms with van der Waals surface area (Å²) in [7, 11) is 0. The molecule has 1 aromatic heterocycles. The second kappa shape index (κ2) is 9.51. The third-order valence-corrected chi connectivity index (χ3v) is 7.12. The first kappa shape index (κ1) is 26.1. The van der Waals surface area contributed by atoms with Gasteiger partial charge in [-0.2, -0.15) is 0 Å². The minimum Gasteiger partial charge on any atom is -0.481 e. The van der Waals surface area contributed by atoms with E-state index in [0.717, 1.165) is 44.8 Å². The van der Waals surface area contributed by atoms with Gasteiger partial charge in [0.15, 0.2) is 0 Å². The average Bonchev–Trinajstić information content (AvgIpc) is 3.24. The fourth-order valence-corrected chi connectivity index (χ4v) is 4.41. The number of aromatic nitrogens is 2. The summed E-state index contributed by atoms with van der Waals surface area (Å²) in [6, 6.07) is 17.4. The van der Waals surface area contributed by atoms with E-state index in [0.29, 0.717) is 12.0 Å². The van der Waals surface area contributed by atoms with Crippen LogP contribution in [0, 0.1) is 19.3 Å². The number of carboxylic acids is 1. The molecular weight excluding hydrogens is 462 g/mol. The summed E-state index contributed by atoms with van der Waals surface area (Å²) < 4.78 is 0. The van der Waals surface area contributed by atoms with Gasteiger partial charge in [0.1, 0.15) is 5.82 Å². The zero-order chi connectivity index (χ0) is 27.1. The number of nitrogens with zero attached hydrogens (tertiary/aromatic N) is 1. The third-order valence-electron chi connectivity index (χ3n) is 7.12. The number of hydrogen-bond acceptors (Lipinski definition) is 3. The molecule has 0 aliphatic heterocycles. The van der Waals surface area contributed by atoms with Crippen molar-refractivity contribution in [2.24, 2.45) is 5.41 Å². The number of nitrogens with one attached hydrogen (secondary N) is 2. The van der Waals surface area contributed by atoms with E-state index in [9.17, 15) is 14.7 Å². The Kier molecular flexibility index (Phi) is 6.72. The summed E-state index contributed by atoms with van der Waals surface area (Å²) in [5.41, 5.74) is 7.34. The van der Waals surface area contributed by atoms with Crippen molar-refractivity contribution in [3.8, 4) is 11.4 Å². The molecule has 37 heavy (non-hydrogen) atoms. The Morgan fingerprint density at radius 1 is 0.919 bits per heavy atom. The Balaban J connectivity index is 1.58. The van der Waals surface area contributed by atoms with Crippen molar-refractivity contribution in [2.75, 3.05) is 5.32 Å². The van der Waals surface area contributed by atoms with Crippen LogP contribution in [-0.4, -0.2) is 27.0 Å². The van der Waals surface area contributed by atoms with Gasteiger partial charge in [0.05, 0.1) is 16.4 Å². The van der Waals surface area contributed by atoms with Crippen LogP contribution >= 0.6 is 0 Å². The zero-order valence-electron chi connectivity index (χ0n) is 22.6. The monoisotopic (exact) mass is 497 g/mol. The molecule has 3 N–H and O–H groups in total. The van der Waals surface area contributed by atoms with E-state index >= 15 is 0 Å². The Labute approximate surface area is 218 Å². The van der Waals surface area contributed by atoms with Crippen LogP contribution < -0.4 is 5.32 Å². The van der Waals surface area contributed by atoms with E-state index in [1.807, 2.05) is 62.4 Å². The number of benzene rings is 3. The standard InChI is InChI=1S/C31H35N3O3/c1-18-19(2)24(14-8-21(18)17-31(6,7)29(36)37)27-33-25-15-9-20(16-26(25)34-27)28(35)32-23-12-10-22(11-13-23)30(3,4)5/h8-16H,17H2,1-7H3,(H,32,35)(H,33,34)(H,36,37). The normalized spacial score (nSPS) is 12.1. The molecular formula is C31H35N3O3. The predicted octanol–water partition coefficient (Wildman–Crippen LogP) is 7.05. The molecule has 1 amide bonds. The topological polar surface area (TPSA) is 95.1 Å². The van der Waals surface area contributed by atoms with E-state index in [2.05, 4.69) is 31.1 Å². The van der Waals surface area contributed by atoms with Gasteiger partial charge in [-0.1, -0.05) is 45.0 Å². The molecule has 0 saturated carbocycles. The van der Waals surface area contributed by atoms with Crippen LogP contribution in [0.4, 0.5) is 5.69 Å². The lowest BCUT2D eigenvalue weighted by Gasteiger charge is -2.21. The molecule has 0 unspecified atom stereocenters. The van der Waals surface area contributed by atoms with Crippen LogP contribution in [0.3, 0.4) is 0 Å². The van der Waals surface area contributed by atoms with Gasteiger partial charge < -0.3 is 15.4 Å². The average molecular weight is 498 g/mol. The Morgan fingerprint density at radius 3 is 2.22 bits per heavy atom. The van der Waals surface area contributed by atoms with Crippen LogP contribution in [0.15, 0.2) is 54.6 Å². The highest BCUT2D eigenvalue weighted by atomic mass is 16.4. The maximum atomic E-state index is 12.9. The minimum atomic E-state index is -0.844. The molecule has 0 fully saturated rings. The summed E-state index contributed by atoms with van der Waals surface area (Å²) in [5, 5.41) is 12.5. The Hall–Kier alpha value is -3.93. The molecule has 0 atom stereocenters. The highest BCUT2D eigenvalue weighted by molar-refractivity contribution is 6.06. The van der Waals surface area contributed by atoms with Gasteiger partial charge in [0, 0.05) is 16.8 Å². The number of rotatable bonds is 6. The van der Waals surface area contributed by atoms with Crippen molar-refractivity contribution in [3.05, 3.63) is 82.4 Å². The van der Waals surface area contributed by atoms with Crippen molar-refractivity contribution in [2.45, 2.75) is 60.3 Å². The second-order valence-corrected chi connectivity index (χ2v) is 11.5. The third kappa shape index (κ3) is 5.43. The summed E-state index contributed by atoms with van der Waals surface area (Å²) in [4.78, 5) is 32.6. The van der Waals surface area contributed by atoms with Gasteiger partial charge in [-0.3, -0.25) is 9.59 Å². The van der Waals surface area contributed by atoms with Crippen LogP contribution in [0.1, 0.15) is 67.2 Å². The van der Waals surface area contributed by atoms with Crippen molar-refractivity contribution in [3.63, 3.8) is 0 Å². The molecule has 0 aliphatic rings. The van der Waals surface area contributed by atoms with Crippen LogP contribution in [0.25, 0.3) is 22.4 Å². The van der Waals surface area contributed by atoms with Crippen molar-refractivity contribution >= 4 is 28.6 Å². The van der Waals surface area contributed by atoms with Gasteiger partial charge in [0.2, 0.25) is 0 Å². The van der Waals surface area contributed by atoms with E-state index in [4.69, 9.17) is 4.98 Å². The van der Waals surface area contributed by atoms with Gasteiger partial charge in [-0.15, -0.1) is 0 Å². The SMILES string of the molecule is Cc1c(CC(C)(C)C(=O)O)ccc(-c2nc3ccc(C(=O)Nc4ccc(C(C)(C)C)cc4)cc3[nH]2)c1C. The van der Waals surface area contributed by atoms with E-state index < -0.39 is 11.4 Å². The highest BCUT2D eigenvalue weighted by Crippen LogP contribution is 2.31. The van der Waals surface area contributed by atoms with Crippen molar-refractivity contribution in [1.82, 2.24) is 9.97 Å². The number of carboxylic acid groups (broad SMARTS) is 1. The van der Waals surface area contributed by atoms with Crippen LogP contribution in [-0.2, 0) is 16.6 Å². The first-order chi connectivity index (χ1) is 17.3. The number of carbonyl (C=O) groups excluding carboxylic acids is 1. The lowest BCUT2D eigenvalue weighted by molar-refractivity contribution is -0.146. The molecule has 0 saturated heterocycles. The number of H-pyrrole nitrogens is 1. The van der Waals surface area contributed by atoms with E-state index in [1.165, 1.54) is 5.56 Å². The summed E-state index contributed by atoms with van der Waals surface area (Å²) in [5.74, 6) is -0.276. The lowest BCUT2D eigenvalue weighted by Crippen LogP contribution is -2.26. The minimum absolute atomic E-state index is 0.0537. The number of carbonyl (C=O) groups is 2. The number of amides is 1. The molecule has 6 heteroatoms. The molecule has 0 aliphatic carbocycles. The Morgan fingerprint density at radius 2 is 1.59 bits per heavy atom. The van der Waals surface area contributed by atoms with Gasteiger partial charge in [0.25, 0.3) is 5.91 Å². The molecule has 4 aromatic rings. The first-order valence-electron chi connectivity index (χ1n) is 12.5.